The zero-order valence-electron chi connectivity index (χ0n) is 11.7. The Morgan fingerprint density at radius 1 is 1.33 bits per heavy atom. The normalized spacial score (nSPS) is 12.7. The second-order valence-corrected chi connectivity index (χ2v) is 4.81. The molecule has 0 radical (unpaired) electrons. The van der Waals surface area contributed by atoms with E-state index in [0.717, 1.165) is 21.8 Å². The number of aromatic nitrogens is 2. The zero-order valence-corrected chi connectivity index (χ0v) is 11.7. The van der Waals surface area contributed by atoms with Crippen LogP contribution in [-0.4, -0.2) is 27.7 Å². The van der Waals surface area contributed by atoms with Gasteiger partial charge in [0.1, 0.15) is 6.10 Å². The fraction of sp³-hybridized carbons (Fsp3) is 0.250. The number of carbonyl (C=O) groups is 1. The van der Waals surface area contributed by atoms with Crippen molar-refractivity contribution in [2.24, 2.45) is 0 Å². The van der Waals surface area contributed by atoms with Crippen LogP contribution < -0.4 is 0 Å². The van der Waals surface area contributed by atoms with Gasteiger partial charge in [0.25, 0.3) is 0 Å². The van der Waals surface area contributed by atoms with Crippen molar-refractivity contribution in [3.05, 3.63) is 42.2 Å². The van der Waals surface area contributed by atoms with E-state index in [-0.39, 0.29) is 6.42 Å². The van der Waals surface area contributed by atoms with E-state index < -0.39 is 12.1 Å². The number of aliphatic hydroxyl groups is 1. The van der Waals surface area contributed by atoms with Crippen LogP contribution in [0.5, 0.6) is 0 Å². The van der Waals surface area contributed by atoms with Crippen molar-refractivity contribution in [1.82, 2.24) is 9.97 Å². The molecule has 0 aliphatic carbocycles. The highest BCUT2D eigenvalue weighted by atomic mass is 16.5. The number of carbonyl (C=O) groups excluding carboxylic acids is 1. The Balaban J connectivity index is 2.04. The maximum Gasteiger partial charge on any atom is 0.308 e. The number of H-pyrrole nitrogens is 1. The highest BCUT2D eigenvalue weighted by molar-refractivity contribution is 6.07. The van der Waals surface area contributed by atoms with E-state index in [1.165, 1.54) is 0 Å². The fourth-order valence-corrected chi connectivity index (χ4v) is 2.52. The zero-order chi connectivity index (χ0) is 14.8. The number of nitrogens with one attached hydrogen (secondary N) is 1. The van der Waals surface area contributed by atoms with Gasteiger partial charge in [0.05, 0.1) is 24.2 Å². The summed E-state index contributed by atoms with van der Waals surface area (Å²) in [6, 6.07) is 9.78. The third-order valence-electron chi connectivity index (χ3n) is 3.44. The number of fused-ring (bicyclic) bond motifs is 3. The molecule has 2 N–H and O–H groups in total. The Morgan fingerprint density at radius 2 is 2.14 bits per heavy atom. The summed E-state index contributed by atoms with van der Waals surface area (Å²) in [6.45, 7) is 2.04. The Labute approximate surface area is 121 Å². The molecule has 0 aliphatic heterocycles. The molecule has 0 spiro atoms. The second kappa shape index (κ2) is 5.54. The average molecular weight is 284 g/mol. The molecule has 5 heteroatoms. The summed E-state index contributed by atoms with van der Waals surface area (Å²) in [5.41, 5.74) is 2.21. The van der Waals surface area contributed by atoms with Crippen LogP contribution in [0.1, 0.15) is 25.1 Å². The van der Waals surface area contributed by atoms with Crippen LogP contribution in [0, 0.1) is 0 Å². The predicted molar refractivity (Wildman–Crippen MR) is 79.8 cm³/mol. The lowest BCUT2D eigenvalue weighted by molar-refractivity contribution is -0.145. The van der Waals surface area contributed by atoms with Gasteiger partial charge in [0, 0.05) is 22.5 Å². The molecule has 2 aromatic heterocycles. The average Bonchev–Trinajstić information content (AvgIpc) is 2.85. The molecule has 1 atom stereocenters. The molecule has 0 fully saturated rings. The van der Waals surface area contributed by atoms with E-state index in [2.05, 4.69) is 9.97 Å². The van der Waals surface area contributed by atoms with Crippen molar-refractivity contribution in [3.63, 3.8) is 0 Å². The quantitative estimate of drug-likeness (QED) is 0.722. The first kappa shape index (κ1) is 13.6. The van der Waals surface area contributed by atoms with Crippen molar-refractivity contribution in [1.29, 1.82) is 0 Å². The number of pyridine rings is 1. The molecule has 1 unspecified atom stereocenters. The van der Waals surface area contributed by atoms with Gasteiger partial charge in [0.2, 0.25) is 0 Å². The van der Waals surface area contributed by atoms with Crippen LogP contribution in [0.3, 0.4) is 0 Å². The summed E-state index contributed by atoms with van der Waals surface area (Å²) in [7, 11) is 0. The monoisotopic (exact) mass is 284 g/mol. The number of aromatic amines is 1. The third kappa shape index (κ3) is 2.48. The summed E-state index contributed by atoms with van der Waals surface area (Å²) in [5.74, 6) is -0.431. The van der Waals surface area contributed by atoms with Gasteiger partial charge in [-0.3, -0.25) is 9.78 Å². The van der Waals surface area contributed by atoms with Gasteiger partial charge in [-0.05, 0) is 19.1 Å². The topological polar surface area (TPSA) is 75.2 Å². The second-order valence-electron chi connectivity index (χ2n) is 4.81. The predicted octanol–water partition coefficient (Wildman–Crippen LogP) is 2.70. The van der Waals surface area contributed by atoms with E-state index in [1.807, 2.05) is 30.3 Å². The molecule has 0 saturated heterocycles. The van der Waals surface area contributed by atoms with Crippen molar-refractivity contribution in [3.8, 4) is 0 Å². The minimum atomic E-state index is -0.985. The first-order valence-corrected chi connectivity index (χ1v) is 6.89. The molecule has 0 amide bonds. The van der Waals surface area contributed by atoms with Crippen LogP contribution in [0.15, 0.2) is 36.5 Å². The van der Waals surface area contributed by atoms with Crippen LogP contribution in [0.25, 0.3) is 21.8 Å². The van der Waals surface area contributed by atoms with Gasteiger partial charge in [-0.2, -0.15) is 0 Å². The molecule has 5 nitrogen and oxygen atoms in total. The summed E-state index contributed by atoms with van der Waals surface area (Å²) in [4.78, 5) is 19.0. The van der Waals surface area contributed by atoms with Crippen LogP contribution in [-0.2, 0) is 9.53 Å². The lowest BCUT2D eigenvalue weighted by Gasteiger charge is -2.10. The van der Waals surface area contributed by atoms with Gasteiger partial charge >= 0.3 is 5.97 Å². The largest absolute Gasteiger partial charge is 0.466 e. The van der Waals surface area contributed by atoms with Crippen molar-refractivity contribution >= 4 is 27.8 Å². The smallest absolute Gasteiger partial charge is 0.308 e. The molecule has 3 aromatic rings. The van der Waals surface area contributed by atoms with Crippen molar-refractivity contribution in [2.75, 3.05) is 6.61 Å². The van der Waals surface area contributed by atoms with Gasteiger partial charge in [-0.15, -0.1) is 0 Å². The summed E-state index contributed by atoms with van der Waals surface area (Å²) >= 11 is 0. The van der Waals surface area contributed by atoms with Gasteiger partial charge < -0.3 is 14.8 Å². The first-order valence-electron chi connectivity index (χ1n) is 6.89. The molecule has 0 saturated carbocycles. The van der Waals surface area contributed by atoms with Crippen molar-refractivity contribution < 1.29 is 14.6 Å². The number of rotatable bonds is 4. The Hall–Kier alpha value is -2.40. The van der Waals surface area contributed by atoms with Crippen LogP contribution >= 0.6 is 0 Å². The Bertz CT molecular complexity index is 794. The van der Waals surface area contributed by atoms with Crippen molar-refractivity contribution in [2.45, 2.75) is 19.4 Å². The van der Waals surface area contributed by atoms with E-state index in [9.17, 15) is 9.90 Å². The summed E-state index contributed by atoms with van der Waals surface area (Å²) < 4.78 is 4.87. The maximum atomic E-state index is 11.5. The number of nitrogens with zero attached hydrogens (tertiary/aromatic N) is 1. The molecular formula is C16H16N2O3. The van der Waals surface area contributed by atoms with Crippen LogP contribution in [0.4, 0.5) is 0 Å². The number of aliphatic hydroxyl groups excluding tert-OH is 1. The molecule has 2 heterocycles. The van der Waals surface area contributed by atoms with E-state index in [0.29, 0.717) is 12.3 Å². The molecule has 1 aromatic carbocycles. The fourth-order valence-electron chi connectivity index (χ4n) is 2.52. The number of hydrogen-bond acceptors (Lipinski definition) is 4. The molecular weight excluding hydrogens is 268 g/mol. The number of benzene rings is 1. The lowest BCUT2D eigenvalue weighted by atomic mass is 10.1. The van der Waals surface area contributed by atoms with E-state index >= 15 is 0 Å². The minimum absolute atomic E-state index is 0.102. The first-order chi connectivity index (χ1) is 10.2. The number of hydrogen-bond donors (Lipinski definition) is 2. The summed E-state index contributed by atoms with van der Waals surface area (Å²) in [5, 5.41) is 12.3. The number of para-hydroxylation sites is 1. The third-order valence-corrected chi connectivity index (χ3v) is 3.44. The Kier molecular flexibility index (Phi) is 3.58. The van der Waals surface area contributed by atoms with E-state index in [4.69, 9.17) is 4.74 Å². The van der Waals surface area contributed by atoms with Gasteiger partial charge in [0.15, 0.2) is 0 Å². The number of esters is 1. The Morgan fingerprint density at radius 3 is 2.95 bits per heavy atom. The minimum Gasteiger partial charge on any atom is -0.466 e. The lowest BCUT2D eigenvalue weighted by Crippen LogP contribution is -2.11. The standard InChI is InChI=1S/C16H16N2O3/c1-2-21-14(20)9-13(19)16-15-11(7-8-17-16)10-5-3-4-6-12(10)18-15/h3-8,13,18-19H,2,9H2,1H3. The number of ether oxygens (including phenoxy) is 1. The molecule has 0 aliphatic rings. The van der Waals surface area contributed by atoms with Crippen LogP contribution in [0.2, 0.25) is 0 Å². The van der Waals surface area contributed by atoms with Gasteiger partial charge in [-0.1, -0.05) is 18.2 Å². The molecule has 3 rings (SSSR count). The highest BCUT2D eigenvalue weighted by Crippen LogP contribution is 2.29. The van der Waals surface area contributed by atoms with E-state index in [1.54, 1.807) is 13.1 Å². The molecule has 0 bridgehead atoms. The molecule has 108 valence electrons. The SMILES string of the molecule is CCOC(=O)CC(O)c1nccc2c1[nH]c1ccccc12. The van der Waals surface area contributed by atoms with Gasteiger partial charge in [-0.25, -0.2) is 0 Å². The molecule has 21 heavy (non-hydrogen) atoms. The maximum absolute atomic E-state index is 11.5. The summed E-state index contributed by atoms with van der Waals surface area (Å²) in [6.07, 6.45) is 0.558. The highest BCUT2D eigenvalue weighted by Gasteiger charge is 2.19.